The summed E-state index contributed by atoms with van der Waals surface area (Å²) < 4.78 is 5.27. The number of hydrogen-bond acceptors (Lipinski definition) is 3. The van der Waals surface area contributed by atoms with E-state index in [0.717, 1.165) is 32.5 Å². The van der Waals surface area contributed by atoms with E-state index >= 15 is 0 Å². The number of hydrogen-bond donors (Lipinski definition) is 1. The van der Waals surface area contributed by atoms with Gasteiger partial charge >= 0.3 is 6.09 Å². The van der Waals surface area contributed by atoms with Gasteiger partial charge in [-0.15, -0.1) is 0 Å². The standard InChI is InChI=1S/C12H24N2O2/c1-4-14(11-6-5-7-13-8-11)12(15)16-9-10(2)3/h10-11,13H,4-9H2,1-3H3/t11-/m1/s1. The lowest BCUT2D eigenvalue weighted by molar-refractivity contribution is 0.0740. The van der Waals surface area contributed by atoms with E-state index in [2.05, 4.69) is 5.32 Å². The molecule has 0 aliphatic carbocycles. The van der Waals surface area contributed by atoms with Crippen molar-refractivity contribution >= 4 is 6.09 Å². The molecule has 1 N–H and O–H groups in total. The highest BCUT2D eigenvalue weighted by Gasteiger charge is 2.24. The van der Waals surface area contributed by atoms with Gasteiger partial charge in [-0.25, -0.2) is 4.79 Å². The summed E-state index contributed by atoms with van der Waals surface area (Å²) in [7, 11) is 0. The lowest BCUT2D eigenvalue weighted by Crippen LogP contribution is -2.48. The minimum atomic E-state index is -0.162. The molecule has 1 saturated heterocycles. The fourth-order valence-electron chi connectivity index (χ4n) is 1.96. The number of nitrogens with one attached hydrogen (secondary N) is 1. The molecule has 0 unspecified atom stereocenters. The summed E-state index contributed by atoms with van der Waals surface area (Å²) in [5.74, 6) is 0.395. The van der Waals surface area contributed by atoms with Crippen molar-refractivity contribution in [3.05, 3.63) is 0 Å². The minimum Gasteiger partial charge on any atom is -0.449 e. The van der Waals surface area contributed by atoms with Crippen LogP contribution in [0.25, 0.3) is 0 Å². The normalized spacial score (nSPS) is 20.9. The monoisotopic (exact) mass is 228 g/mol. The maximum Gasteiger partial charge on any atom is 0.410 e. The second kappa shape index (κ2) is 6.74. The van der Waals surface area contributed by atoms with Crippen molar-refractivity contribution in [1.82, 2.24) is 10.2 Å². The fourth-order valence-corrected chi connectivity index (χ4v) is 1.96. The highest BCUT2D eigenvalue weighted by molar-refractivity contribution is 5.68. The molecule has 4 nitrogen and oxygen atoms in total. The molecular weight excluding hydrogens is 204 g/mol. The zero-order valence-electron chi connectivity index (χ0n) is 10.7. The van der Waals surface area contributed by atoms with Gasteiger partial charge in [0.1, 0.15) is 0 Å². The van der Waals surface area contributed by atoms with Gasteiger partial charge in [0.15, 0.2) is 0 Å². The van der Waals surface area contributed by atoms with Crippen molar-refractivity contribution in [2.75, 3.05) is 26.2 Å². The molecule has 1 atom stereocenters. The molecule has 4 heteroatoms. The lowest BCUT2D eigenvalue weighted by Gasteiger charge is -2.33. The first kappa shape index (κ1) is 13.3. The predicted octanol–water partition coefficient (Wildman–Crippen LogP) is 1.85. The third kappa shape index (κ3) is 4.00. The highest BCUT2D eigenvalue weighted by Crippen LogP contribution is 2.11. The van der Waals surface area contributed by atoms with Crippen LogP contribution in [0.1, 0.15) is 33.6 Å². The zero-order chi connectivity index (χ0) is 12.0. The van der Waals surface area contributed by atoms with Crippen LogP contribution in [-0.4, -0.2) is 43.3 Å². The summed E-state index contributed by atoms with van der Waals surface area (Å²) in [6.07, 6.45) is 2.06. The number of rotatable bonds is 4. The summed E-state index contributed by atoms with van der Waals surface area (Å²) in [4.78, 5) is 13.7. The lowest BCUT2D eigenvalue weighted by atomic mass is 10.1. The Morgan fingerprint density at radius 1 is 1.56 bits per heavy atom. The smallest absolute Gasteiger partial charge is 0.410 e. The molecule has 0 aromatic heterocycles. The van der Waals surface area contributed by atoms with E-state index in [4.69, 9.17) is 4.74 Å². The summed E-state index contributed by atoms with van der Waals surface area (Å²) in [6, 6.07) is 0.304. The fraction of sp³-hybridized carbons (Fsp3) is 0.917. The Kier molecular flexibility index (Phi) is 5.60. The van der Waals surface area contributed by atoms with Crippen LogP contribution in [0.2, 0.25) is 0 Å². The number of likely N-dealkylation sites (N-methyl/N-ethyl adjacent to an activating group) is 1. The third-order valence-electron chi connectivity index (χ3n) is 2.83. The summed E-state index contributed by atoms with van der Waals surface area (Å²) in [5, 5.41) is 3.32. The van der Waals surface area contributed by atoms with Crippen LogP contribution in [-0.2, 0) is 4.74 Å². The second-order valence-corrected chi connectivity index (χ2v) is 4.76. The van der Waals surface area contributed by atoms with Gasteiger partial charge in [-0.2, -0.15) is 0 Å². The summed E-state index contributed by atoms with van der Waals surface area (Å²) in [6.45, 7) is 9.29. The molecule has 1 aliphatic rings. The van der Waals surface area contributed by atoms with Crippen molar-refractivity contribution in [1.29, 1.82) is 0 Å². The van der Waals surface area contributed by atoms with Gasteiger partial charge in [0.2, 0.25) is 0 Å². The van der Waals surface area contributed by atoms with Gasteiger partial charge in [-0.05, 0) is 32.2 Å². The van der Waals surface area contributed by atoms with E-state index < -0.39 is 0 Å². The first-order valence-corrected chi connectivity index (χ1v) is 6.29. The molecule has 94 valence electrons. The molecule has 0 aromatic rings. The summed E-state index contributed by atoms with van der Waals surface area (Å²) >= 11 is 0. The second-order valence-electron chi connectivity index (χ2n) is 4.76. The number of ether oxygens (including phenoxy) is 1. The van der Waals surface area contributed by atoms with Crippen LogP contribution in [0.5, 0.6) is 0 Å². The predicted molar refractivity (Wildman–Crippen MR) is 64.5 cm³/mol. The molecule has 1 aliphatic heterocycles. The molecule has 1 rings (SSSR count). The van der Waals surface area contributed by atoms with Gasteiger partial charge in [0, 0.05) is 19.1 Å². The zero-order valence-corrected chi connectivity index (χ0v) is 10.7. The van der Waals surface area contributed by atoms with E-state index in [1.165, 1.54) is 0 Å². The van der Waals surface area contributed by atoms with Gasteiger partial charge < -0.3 is 15.0 Å². The first-order valence-electron chi connectivity index (χ1n) is 6.29. The minimum absolute atomic E-state index is 0.162. The molecule has 0 bridgehead atoms. The van der Waals surface area contributed by atoms with Crippen LogP contribution < -0.4 is 5.32 Å². The summed E-state index contributed by atoms with van der Waals surface area (Å²) in [5.41, 5.74) is 0. The Balaban J connectivity index is 2.41. The van der Waals surface area contributed by atoms with Gasteiger partial charge in [0.25, 0.3) is 0 Å². The van der Waals surface area contributed by atoms with E-state index in [-0.39, 0.29) is 6.09 Å². The first-order chi connectivity index (χ1) is 7.65. The van der Waals surface area contributed by atoms with Crippen molar-refractivity contribution in [2.24, 2.45) is 5.92 Å². The van der Waals surface area contributed by atoms with Crippen molar-refractivity contribution in [2.45, 2.75) is 39.7 Å². The van der Waals surface area contributed by atoms with Crippen molar-refractivity contribution < 1.29 is 9.53 Å². The Morgan fingerprint density at radius 3 is 2.81 bits per heavy atom. The van der Waals surface area contributed by atoms with Crippen molar-refractivity contribution in [3.63, 3.8) is 0 Å². The molecular formula is C12H24N2O2. The maximum atomic E-state index is 11.9. The van der Waals surface area contributed by atoms with Crippen LogP contribution in [0.15, 0.2) is 0 Å². The Bertz CT molecular complexity index is 213. The van der Waals surface area contributed by atoms with E-state index in [1.54, 1.807) is 0 Å². The van der Waals surface area contributed by atoms with Crippen LogP contribution in [0.4, 0.5) is 4.79 Å². The number of amides is 1. The topological polar surface area (TPSA) is 41.6 Å². The van der Waals surface area contributed by atoms with E-state index in [9.17, 15) is 4.79 Å². The highest BCUT2D eigenvalue weighted by atomic mass is 16.6. The van der Waals surface area contributed by atoms with E-state index in [1.807, 2.05) is 25.7 Å². The molecule has 0 aromatic carbocycles. The van der Waals surface area contributed by atoms with Crippen LogP contribution in [0.3, 0.4) is 0 Å². The molecule has 1 amide bonds. The quantitative estimate of drug-likeness (QED) is 0.798. The average Bonchev–Trinajstić information content (AvgIpc) is 2.29. The molecule has 0 radical (unpaired) electrons. The average molecular weight is 228 g/mol. The largest absolute Gasteiger partial charge is 0.449 e. The van der Waals surface area contributed by atoms with Crippen LogP contribution >= 0.6 is 0 Å². The van der Waals surface area contributed by atoms with Gasteiger partial charge in [-0.1, -0.05) is 13.8 Å². The number of carbonyl (C=O) groups is 1. The molecule has 0 spiro atoms. The Morgan fingerprint density at radius 2 is 2.31 bits per heavy atom. The molecule has 1 fully saturated rings. The number of piperidine rings is 1. The Labute approximate surface area is 98.3 Å². The van der Waals surface area contributed by atoms with Crippen molar-refractivity contribution in [3.8, 4) is 0 Å². The van der Waals surface area contributed by atoms with Gasteiger partial charge in [0.05, 0.1) is 6.61 Å². The SMILES string of the molecule is CCN(C(=O)OCC(C)C)[C@@H]1CCCNC1. The Hall–Kier alpha value is -0.770. The molecule has 1 heterocycles. The maximum absolute atomic E-state index is 11.9. The molecule has 0 saturated carbocycles. The third-order valence-corrected chi connectivity index (χ3v) is 2.83. The number of nitrogens with zero attached hydrogens (tertiary/aromatic N) is 1. The molecule has 16 heavy (non-hydrogen) atoms. The van der Waals surface area contributed by atoms with Crippen LogP contribution in [0, 0.1) is 5.92 Å². The van der Waals surface area contributed by atoms with E-state index in [0.29, 0.717) is 18.6 Å². The number of carbonyl (C=O) groups excluding carboxylic acids is 1. The van der Waals surface area contributed by atoms with Gasteiger partial charge in [-0.3, -0.25) is 0 Å².